The molecule has 0 aromatic carbocycles. The zero-order valence-electron chi connectivity index (χ0n) is 11.9. The van der Waals surface area contributed by atoms with Gasteiger partial charge in [-0.3, -0.25) is 9.59 Å². The van der Waals surface area contributed by atoms with Gasteiger partial charge in [-0.25, -0.2) is 0 Å². The maximum Gasteiger partial charge on any atom is 0.326 e. The second-order valence-electron chi connectivity index (χ2n) is 5.48. The van der Waals surface area contributed by atoms with Crippen molar-refractivity contribution in [2.24, 2.45) is 17.8 Å². The van der Waals surface area contributed by atoms with Crippen molar-refractivity contribution in [1.82, 2.24) is 0 Å². The van der Waals surface area contributed by atoms with Gasteiger partial charge in [-0.05, 0) is 12.3 Å². The zero-order valence-corrected chi connectivity index (χ0v) is 13.6. The van der Waals surface area contributed by atoms with Gasteiger partial charge < -0.3 is 8.37 Å². The molecule has 122 valence electrons. The molecule has 8 nitrogen and oxygen atoms in total. The van der Waals surface area contributed by atoms with Crippen LogP contribution in [0, 0.1) is 17.8 Å². The number of hydrogen-bond acceptors (Lipinski definition) is 8. The van der Waals surface area contributed by atoms with Gasteiger partial charge in [-0.1, -0.05) is 20.8 Å². The minimum Gasteiger partial charge on any atom is -0.345 e. The van der Waals surface area contributed by atoms with E-state index in [1.54, 1.807) is 0 Å². The number of carbonyl (C=O) groups is 2. The van der Waals surface area contributed by atoms with Gasteiger partial charge in [0.1, 0.15) is 0 Å². The van der Waals surface area contributed by atoms with Crippen LogP contribution in [0.4, 0.5) is 0 Å². The lowest BCUT2D eigenvalue weighted by Gasteiger charge is -2.05. The Hall–Kier alpha value is -1.16. The maximum atomic E-state index is 10.9. The fourth-order valence-corrected chi connectivity index (χ4v) is 4.34. The molecule has 0 aromatic heterocycles. The molecule has 0 aliphatic carbocycles. The van der Waals surface area contributed by atoms with Crippen molar-refractivity contribution in [3.8, 4) is 0 Å². The van der Waals surface area contributed by atoms with Crippen LogP contribution >= 0.6 is 0 Å². The van der Waals surface area contributed by atoms with Gasteiger partial charge in [-0.2, -0.15) is 16.8 Å². The molecule has 21 heavy (non-hydrogen) atoms. The third-order valence-electron chi connectivity index (χ3n) is 2.77. The van der Waals surface area contributed by atoms with Crippen molar-refractivity contribution in [2.45, 2.75) is 27.2 Å². The summed E-state index contributed by atoms with van der Waals surface area (Å²) in [6.07, 6.45) is 0.581. The third kappa shape index (κ3) is 5.62. The van der Waals surface area contributed by atoms with Crippen LogP contribution < -0.4 is 0 Å². The Kier molecular flexibility index (Phi) is 5.37. The fraction of sp³-hybridized carbons (Fsp3) is 0.818. The van der Waals surface area contributed by atoms with Crippen LogP contribution in [0.25, 0.3) is 0 Å². The largest absolute Gasteiger partial charge is 0.345 e. The Morgan fingerprint density at radius 1 is 1.00 bits per heavy atom. The van der Waals surface area contributed by atoms with Gasteiger partial charge in [0, 0.05) is 0 Å². The highest BCUT2D eigenvalue weighted by atomic mass is 32.2. The topological polar surface area (TPSA) is 121 Å². The van der Waals surface area contributed by atoms with Crippen LogP contribution in [0.3, 0.4) is 0 Å². The molecule has 2 rings (SSSR count). The van der Waals surface area contributed by atoms with Crippen molar-refractivity contribution in [2.75, 3.05) is 11.5 Å². The predicted molar refractivity (Wildman–Crippen MR) is 71.9 cm³/mol. The standard InChI is InChI=1S/C7H12O4S.C4H6O4S/c1-5(2)3-6-4-12(9,10)11-7(6)8;1-3-2-9(6,7)8-4(3)5/h5-6H,3-4H2,1-2H3;3H,2H2,1H3. The molecule has 2 aliphatic rings. The molecule has 0 bridgehead atoms. The first-order valence-corrected chi connectivity index (χ1v) is 9.49. The molecule has 0 N–H and O–H groups in total. The quantitative estimate of drug-likeness (QED) is 0.645. The molecule has 0 amide bonds. The molecule has 2 unspecified atom stereocenters. The first-order chi connectivity index (χ1) is 9.42. The molecule has 0 radical (unpaired) electrons. The highest BCUT2D eigenvalue weighted by molar-refractivity contribution is 7.87. The lowest BCUT2D eigenvalue weighted by atomic mass is 9.99. The van der Waals surface area contributed by atoms with E-state index in [-0.39, 0.29) is 11.5 Å². The summed E-state index contributed by atoms with van der Waals surface area (Å²) in [6.45, 7) is 5.41. The first-order valence-electron chi connectivity index (χ1n) is 6.34. The van der Waals surface area contributed by atoms with E-state index in [4.69, 9.17) is 0 Å². The van der Waals surface area contributed by atoms with Crippen LogP contribution in [-0.4, -0.2) is 40.3 Å². The SMILES string of the molecule is CC(C)CC1CS(=O)(=O)OC1=O.CC1CS(=O)(=O)OC1=O. The summed E-state index contributed by atoms with van der Waals surface area (Å²) in [5.74, 6) is -2.19. The van der Waals surface area contributed by atoms with E-state index in [9.17, 15) is 26.4 Å². The smallest absolute Gasteiger partial charge is 0.326 e. The van der Waals surface area contributed by atoms with E-state index in [2.05, 4.69) is 8.37 Å². The molecule has 2 heterocycles. The second kappa shape index (κ2) is 6.30. The summed E-state index contributed by atoms with van der Waals surface area (Å²) in [7, 11) is -7.03. The van der Waals surface area contributed by atoms with E-state index >= 15 is 0 Å². The van der Waals surface area contributed by atoms with E-state index in [1.807, 2.05) is 13.8 Å². The van der Waals surface area contributed by atoms with E-state index < -0.39 is 44.0 Å². The summed E-state index contributed by atoms with van der Waals surface area (Å²) in [4.78, 5) is 21.3. The average Bonchev–Trinajstić information content (AvgIpc) is 2.62. The van der Waals surface area contributed by atoms with E-state index in [1.165, 1.54) is 6.92 Å². The Balaban J connectivity index is 0.000000219. The van der Waals surface area contributed by atoms with Crippen molar-refractivity contribution in [1.29, 1.82) is 0 Å². The molecule has 0 saturated carbocycles. The summed E-state index contributed by atoms with van der Waals surface area (Å²) in [6, 6.07) is 0. The first kappa shape index (κ1) is 17.9. The lowest BCUT2D eigenvalue weighted by Crippen LogP contribution is -2.12. The fourth-order valence-electron chi connectivity index (χ4n) is 1.89. The highest BCUT2D eigenvalue weighted by Gasteiger charge is 2.38. The number of hydrogen-bond donors (Lipinski definition) is 0. The molecule has 2 atom stereocenters. The minimum atomic E-state index is -3.54. The summed E-state index contributed by atoms with van der Waals surface area (Å²) < 4.78 is 50.6. The molecule has 2 fully saturated rings. The molecule has 10 heteroatoms. The van der Waals surface area contributed by atoms with Crippen molar-refractivity contribution in [3.05, 3.63) is 0 Å². The van der Waals surface area contributed by atoms with Crippen molar-refractivity contribution >= 4 is 32.2 Å². The Labute approximate surface area is 124 Å². The van der Waals surface area contributed by atoms with Crippen LogP contribution in [0.1, 0.15) is 27.2 Å². The Bertz CT molecular complexity index is 617. The van der Waals surface area contributed by atoms with Crippen LogP contribution in [-0.2, 0) is 38.2 Å². The molecule has 2 saturated heterocycles. The highest BCUT2D eigenvalue weighted by Crippen LogP contribution is 2.23. The van der Waals surface area contributed by atoms with Crippen molar-refractivity contribution in [3.63, 3.8) is 0 Å². The van der Waals surface area contributed by atoms with Gasteiger partial charge in [0.25, 0.3) is 0 Å². The number of rotatable bonds is 2. The summed E-state index contributed by atoms with van der Waals surface area (Å²) >= 11 is 0. The maximum absolute atomic E-state index is 10.9. The molecule has 2 aliphatic heterocycles. The lowest BCUT2D eigenvalue weighted by molar-refractivity contribution is -0.136. The van der Waals surface area contributed by atoms with E-state index in [0.29, 0.717) is 12.3 Å². The predicted octanol–water partition coefficient (Wildman–Crippen LogP) is 0.0444. The minimum absolute atomic E-state index is 0.149. The molecular formula is C11H18O8S2. The van der Waals surface area contributed by atoms with E-state index in [0.717, 1.165) is 0 Å². The molecule has 0 aromatic rings. The van der Waals surface area contributed by atoms with Crippen LogP contribution in [0.15, 0.2) is 0 Å². The van der Waals surface area contributed by atoms with Gasteiger partial charge in [0.2, 0.25) is 0 Å². The van der Waals surface area contributed by atoms with Crippen LogP contribution in [0.5, 0.6) is 0 Å². The molecular weight excluding hydrogens is 324 g/mol. The Morgan fingerprint density at radius 3 is 1.71 bits per heavy atom. The normalized spacial score (nSPS) is 29.5. The van der Waals surface area contributed by atoms with Gasteiger partial charge in [-0.15, -0.1) is 0 Å². The number of carbonyl (C=O) groups excluding carboxylic acids is 2. The molecule has 0 spiro atoms. The van der Waals surface area contributed by atoms with Gasteiger partial charge in [0.05, 0.1) is 23.3 Å². The van der Waals surface area contributed by atoms with Gasteiger partial charge in [0.15, 0.2) is 0 Å². The monoisotopic (exact) mass is 342 g/mol. The average molecular weight is 342 g/mol. The zero-order chi connectivity index (χ0) is 16.4. The second-order valence-corrected chi connectivity index (χ2v) is 8.71. The summed E-state index contributed by atoms with van der Waals surface area (Å²) in [5, 5.41) is 0. The third-order valence-corrected chi connectivity index (χ3v) is 5.32. The van der Waals surface area contributed by atoms with Gasteiger partial charge >= 0.3 is 32.2 Å². The Morgan fingerprint density at radius 2 is 1.48 bits per heavy atom. The van der Waals surface area contributed by atoms with Crippen LogP contribution in [0.2, 0.25) is 0 Å². The summed E-state index contributed by atoms with van der Waals surface area (Å²) in [5.41, 5.74) is 0. The van der Waals surface area contributed by atoms with Crippen molar-refractivity contribution < 1.29 is 34.8 Å².